The zero-order valence-electron chi connectivity index (χ0n) is 26.5. The third-order valence-corrected chi connectivity index (χ3v) is 10.1. The fourth-order valence-electron chi connectivity index (χ4n) is 6.14. The minimum absolute atomic E-state index is 0.0465. The van der Waals surface area contributed by atoms with Gasteiger partial charge in [-0.25, -0.2) is 4.98 Å². The Bertz CT molecular complexity index is 1390. The van der Waals surface area contributed by atoms with Crippen LogP contribution >= 0.6 is 11.3 Å². The molecule has 1 atom stereocenters. The number of aromatic nitrogens is 1. The topological polar surface area (TPSA) is 141 Å². The second-order valence-corrected chi connectivity index (χ2v) is 13.5. The van der Waals surface area contributed by atoms with Gasteiger partial charge in [0.25, 0.3) is 5.91 Å². The number of hydrogen-bond acceptors (Lipinski definition) is 8. The summed E-state index contributed by atoms with van der Waals surface area (Å²) in [6.45, 7) is 4.91. The lowest BCUT2D eigenvalue weighted by molar-refractivity contribution is -0.147. The number of hydrogen-bond donors (Lipinski definition) is 2. The van der Waals surface area contributed by atoms with Crippen LogP contribution in [0.1, 0.15) is 70.4 Å². The molecule has 2 aromatic rings. The smallest absolute Gasteiger partial charge is 0.251 e. The monoisotopic (exact) mass is 652 g/mol. The molecule has 6 rings (SSSR count). The van der Waals surface area contributed by atoms with Gasteiger partial charge >= 0.3 is 0 Å². The SMILES string of the molecule is Cc1sc2nc1CC(=O)N[C@@H](CCCCNC(=O)c1ccccc1)CC(=O)N(CC(=O)N1CCOCC1)CC(=O)N1CCC2CC1. The first-order valence-electron chi connectivity index (χ1n) is 16.3. The van der Waals surface area contributed by atoms with Gasteiger partial charge in [-0.3, -0.25) is 24.0 Å². The van der Waals surface area contributed by atoms with E-state index in [1.807, 2.05) is 25.1 Å². The first-order valence-corrected chi connectivity index (χ1v) is 17.1. The molecule has 0 spiro atoms. The molecule has 12 nitrogen and oxygen atoms in total. The van der Waals surface area contributed by atoms with Crippen LogP contribution in [0.4, 0.5) is 0 Å². The summed E-state index contributed by atoms with van der Waals surface area (Å²) in [5.74, 6) is -0.911. The summed E-state index contributed by atoms with van der Waals surface area (Å²) in [6, 6.07) is 8.48. The minimum atomic E-state index is -0.510. The molecule has 4 aliphatic heterocycles. The number of fused-ring (bicyclic) bond motifs is 10. The van der Waals surface area contributed by atoms with Gasteiger partial charge in [-0.15, -0.1) is 11.3 Å². The molecule has 13 heteroatoms. The summed E-state index contributed by atoms with van der Waals surface area (Å²) in [5.41, 5.74) is 1.33. The fraction of sp³-hybridized carbons (Fsp3) is 0.576. The molecule has 2 fully saturated rings. The summed E-state index contributed by atoms with van der Waals surface area (Å²) in [4.78, 5) is 76.8. The van der Waals surface area contributed by atoms with E-state index in [0.29, 0.717) is 70.8 Å². The number of amides is 5. The van der Waals surface area contributed by atoms with E-state index < -0.39 is 6.04 Å². The van der Waals surface area contributed by atoms with Gasteiger partial charge in [0.15, 0.2) is 0 Å². The third-order valence-electron chi connectivity index (χ3n) is 8.89. The van der Waals surface area contributed by atoms with E-state index in [4.69, 9.17) is 9.72 Å². The quantitative estimate of drug-likeness (QED) is 0.415. The molecule has 0 saturated carbocycles. The second-order valence-electron chi connectivity index (χ2n) is 12.2. The van der Waals surface area contributed by atoms with Crippen molar-refractivity contribution in [3.8, 4) is 0 Å². The molecule has 0 unspecified atom stereocenters. The molecule has 0 aliphatic carbocycles. The molecule has 4 bridgehead atoms. The molecule has 4 aliphatic rings. The Morgan fingerprint density at radius 1 is 1.02 bits per heavy atom. The molecule has 0 radical (unpaired) electrons. The van der Waals surface area contributed by atoms with Crippen LogP contribution in [0.15, 0.2) is 30.3 Å². The van der Waals surface area contributed by atoms with E-state index in [2.05, 4.69) is 10.6 Å². The Labute approximate surface area is 273 Å². The van der Waals surface area contributed by atoms with Gasteiger partial charge in [0, 0.05) is 61.5 Å². The van der Waals surface area contributed by atoms with E-state index >= 15 is 0 Å². The van der Waals surface area contributed by atoms with Gasteiger partial charge < -0.3 is 30.1 Å². The summed E-state index contributed by atoms with van der Waals surface area (Å²) >= 11 is 1.61. The average Bonchev–Trinajstić information content (AvgIpc) is 3.43. The zero-order chi connectivity index (χ0) is 32.5. The number of carbonyl (C=O) groups is 5. The largest absolute Gasteiger partial charge is 0.378 e. The van der Waals surface area contributed by atoms with Crippen LogP contribution in [0.25, 0.3) is 0 Å². The number of piperidine rings is 1. The van der Waals surface area contributed by atoms with E-state index in [-0.39, 0.29) is 61.4 Å². The lowest BCUT2D eigenvalue weighted by Gasteiger charge is -2.34. The van der Waals surface area contributed by atoms with Gasteiger partial charge in [-0.05, 0) is 51.2 Å². The number of unbranched alkanes of at least 4 members (excludes halogenated alkanes) is 1. The Balaban J connectivity index is 1.28. The van der Waals surface area contributed by atoms with Crippen molar-refractivity contribution < 1.29 is 28.7 Å². The van der Waals surface area contributed by atoms with Crippen molar-refractivity contribution in [1.29, 1.82) is 0 Å². The van der Waals surface area contributed by atoms with Crippen LogP contribution in [-0.4, -0.2) is 114 Å². The molecular weight excluding hydrogens is 608 g/mol. The summed E-state index contributed by atoms with van der Waals surface area (Å²) in [6.07, 6.45) is 3.40. The van der Waals surface area contributed by atoms with E-state index in [0.717, 1.165) is 28.4 Å². The maximum absolute atomic E-state index is 13.8. The van der Waals surface area contributed by atoms with Gasteiger partial charge in [0.05, 0.1) is 30.3 Å². The van der Waals surface area contributed by atoms with E-state index in [9.17, 15) is 24.0 Å². The highest BCUT2D eigenvalue weighted by molar-refractivity contribution is 7.11. The van der Waals surface area contributed by atoms with Crippen molar-refractivity contribution in [1.82, 2.24) is 30.3 Å². The van der Waals surface area contributed by atoms with Crippen LogP contribution < -0.4 is 10.6 Å². The van der Waals surface area contributed by atoms with Crippen molar-refractivity contribution in [2.24, 2.45) is 0 Å². The molecule has 5 heterocycles. The summed E-state index contributed by atoms with van der Waals surface area (Å²) < 4.78 is 5.37. The molecule has 248 valence electrons. The average molecular weight is 653 g/mol. The second kappa shape index (κ2) is 16.1. The number of rotatable bonds is 8. The predicted octanol–water partition coefficient (Wildman–Crippen LogP) is 1.88. The van der Waals surface area contributed by atoms with E-state index in [1.165, 1.54) is 4.90 Å². The minimum Gasteiger partial charge on any atom is -0.378 e. The maximum Gasteiger partial charge on any atom is 0.251 e. The number of benzene rings is 1. The third kappa shape index (κ3) is 9.12. The first-order chi connectivity index (χ1) is 22.3. The van der Waals surface area contributed by atoms with Gasteiger partial charge in [-0.1, -0.05) is 18.2 Å². The highest BCUT2D eigenvalue weighted by Crippen LogP contribution is 2.33. The number of morpholine rings is 1. The number of nitrogens with one attached hydrogen (secondary N) is 2. The highest BCUT2D eigenvalue weighted by Gasteiger charge is 2.31. The van der Waals surface area contributed by atoms with Gasteiger partial charge in [0.2, 0.25) is 23.6 Å². The van der Waals surface area contributed by atoms with Crippen molar-refractivity contribution in [3.63, 3.8) is 0 Å². The normalized spacial score (nSPS) is 21.3. The standard InChI is InChI=1S/C33H44N6O6S/c1-23-27-20-28(40)35-26(9-5-6-12-34-32(44)24-7-3-2-4-8-24)19-29(41)39(22-31(43)38-15-17-45-18-16-38)21-30(42)37-13-10-25(11-14-37)33(36-27)46-23/h2-4,7-8,25-26H,5-6,9-22H2,1H3,(H,34,44)(H,35,40)/t26-/m0/s1. The van der Waals surface area contributed by atoms with Crippen molar-refractivity contribution in [2.75, 3.05) is 59.0 Å². The van der Waals surface area contributed by atoms with Crippen LogP contribution in [0.3, 0.4) is 0 Å². The van der Waals surface area contributed by atoms with Crippen molar-refractivity contribution in [3.05, 3.63) is 51.5 Å². The predicted molar refractivity (Wildman–Crippen MR) is 172 cm³/mol. The Hall–Kier alpha value is -3.84. The van der Waals surface area contributed by atoms with Crippen LogP contribution in [-0.2, 0) is 30.3 Å². The van der Waals surface area contributed by atoms with Crippen LogP contribution in [0.2, 0.25) is 0 Å². The first kappa shape index (κ1) is 33.5. The molecular formula is C33H44N6O6S. The van der Waals surface area contributed by atoms with Crippen molar-refractivity contribution >= 4 is 40.9 Å². The lowest BCUT2D eigenvalue weighted by atomic mass is 9.97. The van der Waals surface area contributed by atoms with Gasteiger partial charge in [0.1, 0.15) is 13.1 Å². The number of carbonyl (C=O) groups excluding carboxylic acids is 5. The lowest BCUT2D eigenvalue weighted by Crippen LogP contribution is -2.51. The Kier molecular flexibility index (Phi) is 11.8. The van der Waals surface area contributed by atoms with Crippen LogP contribution in [0, 0.1) is 6.92 Å². The molecule has 2 saturated heterocycles. The Morgan fingerprint density at radius 2 is 1.76 bits per heavy atom. The maximum atomic E-state index is 13.8. The molecule has 1 aromatic carbocycles. The molecule has 5 amide bonds. The number of ether oxygens (including phenoxy) is 1. The van der Waals surface area contributed by atoms with Gasteiger partial charge in [-0.2, -0.15) is 0 Å². The fourth-order valence-corrected chi connectivity index (χ4v) is 7.25. The van der Waals surface area contributed by atoms with Crippen molar-refractivity contribution in [2.45, 2.75) is 63.8 Å². The number of aryl methyl sites for hydroxylation is 1. The zero-order valence-corrected chi connectivity index (χ0v) is 27.3. The number of thiazole rings is 1. The molecule has 1 aromatic heterocycles. The summed E-state index contributed by atoms with van der Waals surface area (Å²) in [5, 5.41) is 6.97. The number of nitrogens with zero attached hydrogens (tertiary/aromatic N) is 4. The Morgan fingerprint density at radius 3 is 2.50 bits per heavy atom. The molecule has 46 heavy (non-hydrogen) atoms. The summed E-state index contributed by atoms with van der Waals surface area (Å²) in [7, 11) is 0. The molecule has 2 N–H and O–H groups in total. The highest BCUT2D eigenvalue weighted by atomic mass is 32.1. The van der Waals surface area contributed by atoms with E-state index in [1.54, 1.807) is 33.3 Å². The van der Waals surface area contributed by atoms with Crippen LogP contribution in [0.5, 0.6) is 0 Å².